The number of benzene rings is 1. The lowest BCUT2D eigenvalue weighted by atomic mass is 10.1. The number of pyridine rings is 1. The van der Waals surface area contributed by atoms with E-state index in [0.29, 0.717) is 11.8 Å². The number of nitrogens with one attached hydrogen (secondary N) is 2. The van der Waals surface area contributed by atoms with Crippen LogP contribution in [0, 0.1) is 19.7 Å². The second-order valence-electron chi connectivity index (χ2n) is 6.81. The molecule has 0 unspecified atom stereocenters. The van der Waals surface area contributed by atoms with E-state index in [0.717, 1.165) is 24.6 Å². The summed E-state index contributed by atoms with van der Waals surface area (Å²) < 4.78 is 39.3. The Kier molecular flexibility index (Phi) is 6.39. The van der Waals surface area contributed by atoms with Crippen LogP contribution in [0.25, 0.3) is 0 Å². The molecule has 8 nitrogen and oxygen atoms in total. The average Bonchev–Trinajstić information content (AvgIpc) is 2.63. The third-order valence-corrected chi connectivity index (χ3v) is 6.24. The van der Waals surface area contributed by atoms with Crippen molar-refractivity contribution in [1.82, 2.24) is 10.3 Å². The summed E-state index contributed by atoms with van der Waals surface area (Å²) in [5, 5.41) is 15.1. The maximum Gasteiger partial charge on any atom is 0.258 e. The van der Waals surface area contributed by atoms with Crippen molar-refractivity contribution in [2.75, 3.05) is 18.1 Å². The fourth-order valence-electron chi connectivity index (χ4n) is 2.48. The number of halogens is 1. The number of aromatic nitrogens is 1. The Balaban J connectivity index is 2.23. The number of amides is 2. The summed E-state index contributed by atoms with van der Waals surface area (Å²) in [7, 11) is -2.93. The van der Waals surface area contributed by atoms with Crippen LogP contribution < -0.4 is 10.6 Å². The summed E-state index contributed by atoms with van der Waals surface area (Å²) in [6.07, 6.45) is 0. The number of carbonyl (C=O) groups is 2. The SMILES string of the molecule is CNC(=O)c1ccc(S(=O)(=O)C[C@](C)(O)C(=O)Nc2ccc(C)c(C)n2)cc1F. The Labute approximate surface area is 168 Å². The third-order valence-electron chi connectivity index (χ3n) is 4.32. The minimum Gasteiger partial charge on any atom is -0.379 e. The molecular weight excluding hydrogens is 401 g/mol. The minimum absolute atomic E-state index is 0.164. The smallest absolute Gasteiger partial charge is 0.258 e. The highest BCUT2D eigenvalue weighted by atomic mass is 32.2. The molecule has 0 aliphatic carbocycles. The number of aliphatic hydroxyl groups is 1. The molecule has 0 radical (unpaired) electrons. The van der Waals surface area contributed by atoms with E-state index in [1.165, 1.54) is 13.1 Å². The molecule has 0 saturated heterocycles. The number of rotatable bonds is 6. The van der Waals surface area contributed by atoms with E-state index in [2.05, 4.69) is 15.6 Å². The van der Waals surface area contributed by atoms with Gasteiger partial charge in [-0.25, -0.2) is 17.8 Å². The van der Waals surface area contributed by atoms with E-state index in [4.69, 9.17) is 0 Å². The Morgan fingerprint density at radius 2 is 1.86 bits per heavy atom. The van der Waals surface area contributed by atoms with Gasteiger partial charge in [-0.05, 0) is 50.6 Å². The van der Waals surface area contributed by atoms with Crippen LogP contribution in [0.2, 0.25) is 0 Å². The van der Waals surface area contributed by atoms with Gasteiger partial charge in [0.25, 0.3) is 11.8 Å². The molecule has 0 fully saturated rings. The van der Waals surface area contributed by atoms with E-state index in [1.807, 2.05) is 6.92 Å². The largest absolute Gasteiger partial charge is 0.379 e. The molecule has 29 heavy (non-hydrogen) atoms. The first-order valence-corrected chi connectivity index (χ1v) is 10.2. The van der Waals surface area contributed by atoms with Gasteiger partial charge in [-0.2, -0.15) is 0 Å². The van der Waals surface area contributed by atoms with E-state index < -0.39 is 43.7 Å². The van der Waals surface area contributed by atoms with E-state index in [-0.39, 0.29) is 11.4 Å². The number of anilines is 1. The van der Waals surface area contributed by atoms with E-state index >= 15 is 0 Å². The van der Waals surface area contributed by atoms with Gasteiger partial charge in [0.1, 0.15) is 11.6 Å². The summed E-state index contributed by atoms with van der Waals surface area (Å²) in [6, 6.07) is 5.99. The van der Waals surface area contributed by atoms with Gasteiger partial charge in [0, 0.05) is 12.7 Å². The van der Waals surface area contributed by atoms with Crippen molar-refractivity contribution in [3.8, 4) is 0 Å². The van der Waals surface area contributed by atoms with Crippen molar-refractivity contribution >= 4 is 27.5 Å². The van der Waals surface area contributed by atoms with Gasteiger partial charge in [0.05, 0.1) is 16.2 Å². The summed E-state index contributed by atoms with van der Waals surface area (Å²) in [5.41, 5.74) is -1.06. The van der Waals surface area contributed by atoms with Gasteiger partial charge >= 0.3 is 0 Å². The van der Waals surface area contributed by atoms with Crippen LogP contribution in [0.15, 0.2) is 35.2 Å². The Morgan fingerprint density at radius 3 is 2.41 bits per heavy atom. The van der Waals surface area contributed by atoms with Gasteiger partial charge in [-0.15, -0.1) is 0 Å². The Bertz CT molecular complexity index is 1070. The molecule has 3 N–H and O–H groups in total. The highest BCUT2D eigenvalue weighted by molar-refractivity contribution is 7.91. The molecule has 1 atom stereocenters. The number of hydrogen-bond acceptors (Lipinski definition) is 6. The average molecular weight is 423 g/mol. The highest BCUT2D eigenvalue weighted by Crippen LogP contribution is 2.21. The first kappa shape index (κ1) is 22.4. The summed E-state index contributed by atoms with van der Waals surface area (Å²) in [5.74, 6) is -3.54. The van der Waals surface area contributed by atoms with Crippen LogP contribution in [0.4, 0.5) is 10.2 Å². The Hall–Kier alpha value is -2.85. The molecule has 0 aliphatic rings. The predicted molar refractivity (Wildman–Crippen MR) is 105 cm³/mol. The van der Waals surface area contributed by atoms with Crippen LogP contribution in [-0.4, -0.2) is 48.7 Å². The topological polar surface area (TPSA) is 125 Å². The molecule has 2 amide bonds. The molecule has 156 valence electrons. The molecule has 0 bridgehead atoms. The molecule has 0 aliphatic heterocycles. The van der Waals surface area contributed by atoms with Crippen molar-refractivity contribution in [2.45, 2.75) is 31.3 Å². The maximum absolute atomic E-state index is 14.1. The molecule has 0 saturated carbocycles. The standard InChI is InChI=1S/C19H22FN3O5S/c1-11-5-8-16(22-12(11)2)23-18(25)19(3,26)10-29(27,28)13-6-7-14(15(20)9-13)17(24)21-4/h5-9,26H,10H2,1-4H3,(H,21,24)(H,22,23,25)/t19-/m0/s1. The van der Waals surface area contributed by atoms with Gasteiger partial charge in [0.2, 0.25) is 0 Å². The summed E-state index contributed by atoms with van der Waals surface area (Å²) in [6.45, 7) is 4.62. The number of hydrogen-bond donors (Lipinski definition) is 3. The quantitative estimate of drug-likeness (QED) is 0.644. The molecule has 2 aromatic rings. The van der Waals surface area contributed by atoms with E-state index in [9.17, 15) is 27.5 Å². The van der Waals surface area contributed by atoms with Crippen LogP contribution in [0.3, 0.4) is 0 Å². The summed E-state index contributed by atoms with van der Waals surface area (Å²) >= 11 is 0. The molecule has 1 heterocycles. The molecule has 1 aromatic carbocycles. The zero-order chi connectivity index (χ0) is 22.0. The first-order valence-electron chi connectivity index (χ1n) is 8.60. The molecule has 0 spiro atoms. The van der Waals surface area contributed by atoms with Crippen molar-refractivity contribution < 1.29 is 27.5 Å². The third kappa shape index (κ3) is 5.15. The van der Waals surface area contributed by atoms with Gasteiger partial charge in [-0.1, -0.05) is 6.07 Å². The lowest BCUT2D eigenvalue weighted by Crippen LogP contribution is -2.46. The van der Waals surface area contributed by atoms with Gasteiger partial charge in [0.15, 0.2) is 15.4 Å². The van der Waals surface area contributed by atoms with Crippen LogP contribution in [0.1, 0.15) is 28.5 Å². The minimum atomic E-state index is -4.24. The van der Waals surface area contributed by atoms with Gasteiger partial charge < -0.3 is 15.7 Å². The van der Waals surface area contributed by atoms with Crippen LogP contribution >= 0.6 is 0 Å². The van der Waals surface area contributed by atoms with Gasteiger partial charge in [-0.3, -0.25) is 9.59 Å². The fourth-order valence-corrected chi connectivity index (χ4v) is 4.07. The highest BCUT2D eigenvalue weighted by Gasteiger charge is 2.37. The molecular formula is C19H22FN3O5S. The lowest BCUT2D eigenvalue weighted by molar-refractivity contribution is -0.130. The molecule has 1 aromatic heterocycles. The predicted octanol–water partition coefficient (Wildman–Crippen LogP) is 1.36. The molecule has 2 rings (SSSR count). The Morgan fingerprint density at radius 1 is 1.21 bits per heavy atom. The second-order valence-corrected chi connectivity index (χ2v) is 8.80. The molecule has 10 heteroatoms. The second kappa shape index (κ2) is 8.26. The van der Waals surface area contributed by atoms with Crippen molar-refractivity contribution in [3.63, 3.8) is 0 Å². The van der Waals surface area contributed by atoms with Crippen LogP contribution in [0.5, 0.6) is 0 Å². The van der Waals surface area contributed by atoms with Crippen LogP contribution in [-0.2, 0) is 14.6 Å². The maximum atomic E-state index is 14.1. The number of sulfone groups is 1. The first-order chi connectivity index (χ1) is 13.4. The zero-order valence-corrected chi connectivity index (χ0v) is 17.2. The monoisotopic (exact) mass is 423 g/mol. The number of aryl methyl sites for hydroxylation is 2. The fraction of sp³-hybridized carbons (Fsp3) is 0.316. The van der Waals surface area contributed by atoms with E-state index in [1.54, 1.807) is 13.0 Å². The van der Waals surface area contributed by atoms with Crippen molar-refractivity contribution in [2.24, 2.45) is 0 Å². The number of carbonyl (C=O) groups excluding carboxylic acids is 2. The van der Waals surface area contributed by atoms with Crippen molar-refractivity contribution in [3.05, 3.63) is 53.0 Å². The summed E-state index contributed by atoms with van der Waals surface area (Å²) in [4.78, 5) is 27.6. The normalized spacial score (nSPS) is 13.4. The zero-order valence-electron chi connectivity index (χ0n) is 16.4. The lowest BCUT2D eigenvalue weighted by Gasteiger charge is -2.22. The van der Waals surface area contributed by atoms with Crippen molar-refractivity contribution in [1.29, 1.82) is 0 Å². The number of nitrogens with zero attached hydrogens (tertiary/aromatic N) is 1.